The lowest BCUT2D eigenvalue weighted by Crippen LogP contribution is -2.50. The number of rotatable bonds is 7. The minimum absolute atomic E-state index is 0.148. The van der Waals surface area contributed by atoms with Crippen LogP contribution in [0.2, 0.25) is 5.02 Å². The lowest BCUT2D eigenvalue weighted by Gasteiger charge is -2.35. The maximum absolute atomic E-state index is 13.8. The van der Waals surface area contributed by atoms with Crippen molar-refractivity contribution < 1.29 is 18.7 Å². The lowest BCUT2D eigenvalue weighted by atomic mass is 10.0. The van der Waals surface area contributed by atoms with Crippen LogP contribution in [0.15, 0.2) is 48.5 Å². The van der Waals surface area contributed by atoms with Crippen molar-refractivity contribution in [3.05, 3.63) is 64.9 Å². The first-order chi connectivity index (χ1) is 13.8. The minimum atomic E-state index is -1.08. The van der Waals surface area contributed by atoms with Gasteiger partial charge in [-0.2, -0.15) is 0 Å². The van der Waals surface area contributed by atoms with Crippen LogP contribution in [0.1, 0.15) is 25.5 Å². The van der Waals surface area contributed by atoms with Crippen molar-refractivity contribution in [2.45, 2.75) is 25.5 Å². The summed E-state index contributed by atoms with van der Waals surface area (Å²) in [5.41, 5.74) is -0.255. The molecule has 1 aliphatic heterocycles. The fourth-order valence-corrected chi connectivity index (χ4v) is 3.43. The van der Waals surface area contributed by atoms with Crippen LogP contribution in [0.4, 0.5) is 4.39 Å². The van der Waals surface area contributed by atoms with Crippen LogP contribution >= 0.6 is 11.6 Å². The highest BCUT2D eigenvalue weighted by molar-refractivity contribution is 6.30. The Morgan fingerprint density at radius 2 is 1.93 bits per heavy atom. The zero-order valence-electron chi connectivity index (χ0n) is 16.7. The van der Waals surface area contributed by atoms with Gasteiger partial charge in [0.1, 0.15) is 11.6 Å². The Hall–Kier alpha value is -2.15. The first kappa shape index (κ1) is 21.6. The summed E-state index contributed by atoms with van der Waals surface area (Å²) in [6, 6.07) is 13.2. The summed E-state index contributed by atoms with van der Waals surface area (Å²) in [6.45, 7) is 6.45. The zero-order valence-corrected chi connectivity index (χ0v) is 17.4. The number of hydrogen-bond donors (Lipinski definition) is 1. The number of carbonyl (C=O) groups is 1. The molecule has 2 aromatic rings. The third-order valence-corrected chi connectivity index (χ3v) is 5.16. The molecular formula is C22H26ClFN2O3. The van der Waals surface area contributed by atoms with E-state index in [-0.39, 0.29) is 17.8 Å². The Bertz CT molecular complexity index is 823. The van der Waals surface area contributed by atoms with Crippen LogP contribution in [0, 0.1) is 5.82 Å². The summed E-state index contributed by atoms with van der Waals surface area (Å²) in [5, 5.41) is 3.58. The Morgan fingerprint density at radius 1 is 1.24 bits per heavy atom. The molecule has 0 radical (unpaired) electrons. The molecule has 5 nitrogen and oxygen atoms in total. The normalized spacial score (nSPS) is 16.3. The Labute approximate surface area is 175 Å². The largest absolute Gasteiger partial charge is 0.478 e. The van der Waals surface area contributed by atoms with Gasteiger partial charge in [-0.3, -0.25) is 9.69 Å². The van der Waals surface area contributed by atoms with Crippen LogP contribution in [0.5, 0.6) is 5.75 Å². The predicted octanol–water partition coefficient (Wildman–Crippen LogP) is 3.83. The monoisotopic (exact) mass is 420 g/mol. The summed E-state index contributed by atoms with van der Waals surface area (Å²) in [7, 11) is 0. The fourth-order valence-electron chi connectivity index (χ4n) is 3.31. The number of halogens is 2. The Balaban J connectivity index is 1.68. The molecule has 1 saturated heterocycles. The van der Waals surface area contributed by atoms with Gasteiger partial charge < -0.3 is 14.8 Å². The molecule has 1 unspecified atom stereocenters. The highest BCUT2D eigenvalue weighted by Gasteiger charge is 2.31. The van der Waals surface area contributed by atoms with Crippen LogP contribution in [-0.4, -0.2) is 49.3 Å². The molecule has 1 aliphatic rings. The van der Waals surface area contributed by atoms with E-state index in [1.807, 2.05) is 6.07 Å². The van der Waals surface area contributed by atoms with E-state index in [1.54, 1.807) is 44.2 Å². The first-order valence-electron chi connectivity index (χ1n) is 9.65. The SMILES string of the molecule is CC(C)(Oc1ccc(Cl)cc1)C(=O)NCC(c1cccc(F)c1)N1CCOCC1. The van der Waals surface area contributed by atoms with Crippen LogP contribution < -0.4 is 10.1 Å². The second-order valence-electron chi connectivity index (χ2n) is 7.50. The van der Waals surface area contributed by atoms with Crippen molar-refractivity contribution in [2.75, 3.05) is 32.8 Å². The summed E-state index contributed by atoms with van der Waals surface area (Å²) < 4.78 is 25.1. The molecule has 1 amide bonds. The van der Waals surface area contributed by atoms with Gasteiger partial charge in [-0.1, -0.05) is 23.7 Å². The molecule has 29 heavy (non-hydrogen) atoms. The van der Waals surface area contributed by atoms with Gasteiger partial charge in [0.2, 0.25) is 0 Å². The maximum atomic E-state index is 13.8. The van der Waals surface area contributed by atoms with Gasteiger partial charge in [-0.25, -0.2) is 4.39 Å². The molecule has 0 spiro atoms. The van der Waals surface area contributed by atoms with Gasteiger partial charge in [0.15, 0.2) is 5.60 Å². The van der Waals surface area contributed by atoms with E-state index in [1.165, 1.54) is 12.1 Å². The molecule has 0 saturated carbocycles. The van der Waals surface area contributed by atoms with E-state index < -0.39 is 5.60 Å². The third kappa shape index (κ3) is 5.92. The maximum Gasteiger partial charge on any atom is 0.263 e. The topological polar surface area (TPSA) is 50.8 Å². The molecule has 0 aliphatic carbocycles. The number of ether oxygens (including phenoxy) is 2. The number of amides is 1. The fraction of sp³-hybridized carbons (Fsp3) is 0.409. The number of nitrogens with zero attached hydrogens (tertiary/aromatic N) is 1. The zero-order chi connectivity index (χ0) is 20.9. The average molecular weight is 421 g/mol. The van der Waals surface area contributed by atoms with E-state index in [2.05, 4.69) is 10.2 Å². The van der Waals surface area contributed by atoms with Gasteiger partial charge in [0.25, 0.3) is 5.91 Å². The number of benzene rings is 2. The van der Waals surface area contributed by atoms with Gasteiger partial charge in [-0.05, 0) is 55.8 Å². The molecule has 1 heterocycles. The average Bonchev–Trinajstić information content (AvgIpc) is 2.70. The van der Waals surface area contributed by atoms with E-state index >= 15 is 0 Å². The molecule has 7 heteroatoms. The van der Waals surface area contributed by atoms with Crippen molar-refractivity contribution in [1.29, 1.82) is 0 Å². The quantitative estimate of drug-likeness (QED) is 0.739. The van der Waals surface area contributed by atoms with Gasteiger partial charge in [0.05, 0.1) is 19.3 Å². The standard InChI is InChI=1S/C22H26ClFN2O3/c1-22(2,29-19-8-6-17(23)7-9-19)21(27)25-15-20(26-10-12-28-13-11-26)16-4-3-5-18(24)14-16/h3-9,14,20H,10-13,15H2,1-2H3,(H,25,27). The van der Waals surface area contributed by atoms with Crippen molar-refractivity contribution in [3.63, 3.8) is 0 Å². The smallest absolute Gasteiger partial charge is 0.263 e. The molecule has 1 atom stereocenters. The van der Waals surface area contributed by atoms with Crippen LogP contribution in [0.3, 0.4) is 0 Å². The minimum Gasteiger partial charge on any atom is -0.478 e. The van der Waals surface area contributed by atoms with E-state index in [9.17, 15) is 9.18 Å². The van der Waals surface area contributed by atoms with Crippen molar-refractivity contribution in [3.8, 4) is 5.75 Å². The molecule has 1 fully saturated rings. The highest BCUT2D eigenvalue weighted by atomic mass is 35.5. The first-order valence-corrected chi connectivity index (χ1v) is 10.0. The number of morpholine rings is 1. The second kappa shape index (κ2) is 9.57. The highest BCUT2D eigenvalue weighted by Crippen LogP contribution is 2.24. The third-order valence-electron chi connectivity index (χ3n) is 4.91. The Morgan fingerprint density at radius 3 is 2.59 bits per heavy atom. The molecule has 1 N–H and O–H groups in total. The molecular weight excluding hydrogens is 395 g/mol. The molecule has 3 rings (SSSR count). The molecule has 2 aromatic carbocycles. The number of carbonyl (C=O) groups excluding carboxylic acids is 1. The number of nitrogens with one attached hydrogen (secondary N) is 1. The lowest BCUT2D eigenvalue weighted by molar-refractivity contribution is -0.134. The van der Waals surface area contributed by atoms with Crippen LogP contribution in [0.25, 0.3) is 0 Å². The van der Waals surface area contributed by atoms with Crippen molar-refractivity contribution in [2.24, 2.45) is 0 Å². The summed E-state index contributed by atoms with van der Waals surface area (Å²) in [6.07, 6.45) is 0. The van der Waals surface area contributed by atoms with Gasteiger partial charge >= 0.3 is 0 Å². The van der Waals surface area contributed by atoms with Gasteiger partial charge in [-0.15, -0.1) is 0 Å². The molecule has 0 bridgehead atoms. The molecule has 156 valence electrons. The Kier molecular flexibility index (Phi) is 7.11. The van der Waals surface area contributed by atoms with Gasteiger partial charge in [0, 0.05) is 24.7 Å². The number of hydrogen-bond acceptors (Lipinski definition) is 4. The van der Waals surface area contributed by atoms with Crippen LogP contribution in [-0.2, 0) is 9.53 Å². The van der Waals surface area contributed by atoms with Crippen molar-refractivity contribution in [1.82, 2.24) is 10.2 Å². The second-order valence-corrected chi connectivity index (χ2v) is 7.93. The summed E-state index contributed by atoms with van der Waals surface area (Å²) in [4.78, 5) is 15.0. The summed E-state index contributed by atoms with van der Waals surface area (Å²) >= 11 is 5.90. The summed E-state index contributed by atoms with van der Waals surface area (Å²) in [5.74, 6) is 0.0185. The van der Waals surface area contributed by atoms with E-state index in [0.717, 1.165) is 18.7 Å². The van der Waals surface area contributed by atoms with E-state index in [0.29, 0.717) is 30.5 Å². The van der Waals surface area contributed by atoms with E-state index in [4.69, 9.17) is 21.1 Å². The van der Waals surface area contributed by atoms with Crippen molar-refractivity contribution >= 4 is 17.5 Å². The predicted molar refractivity (Wildman–Crippen MR) is 111 cm³/mol. The molecule has 0 aromatic heterocycles.